The lowest BCUT2D eigenvalue weighted by Gasteiger charge is -2.25. The summed E-state index contributed by atoms with van der Waals surface area (Å²) >= 11 is 7.38. The van der Waals surface area contributed by atoms with Crippen LogP contribution in [0.15, 0.2) is 48.5 Å². The topological polar surface area (TPSA) is 62.3 Å². The van der Waals surface area contributed by atoms with Crippen molar-refractivity contribution >= 4 is 50.1 Å². The number of aromatic nitrogens is 1. The average molecular weight is 400 g/mol. The predicted molar refractivity (Wildman–Crippen MR) is 108 cm³/mol. The normalized spacial score (nSPS) is 18.1. The summed E-state index contributed by atoms with van der Waals surface area (Å²) in [6.07, 6.45) is 0.222. The van der Waals surface area contributed by atoms with Gasteiger partial charge in [-0.15, -0.1) is 0 Å². The van der Waals surface area contributed by atoms with Gasteiger partial charge in [0.15, 0.2) is 5.13 Å². The van der Waals surface area contributed by atoms with E-state index < -0.39 is 0 Å². The maximum absolute atomic E-state index is 12.7. The van der Waals surface area contributed by atoms with Crippen LogP contribution in [0.2, 0.25) is 5.02 Å². The number of rotatable bonds is 4. The second-order valence-electron chi connectivity index (χ2n) is 6.65. The van der Waals surface area contributed by atoms with Crippen molar-refractivity contribution in [1.82, 2.24) is 9.88 Å². The molecule has 0 saturated carbocycles. The van der Waals surface area contributed by atoms with Crippen LogP contribution in [0.25, 0.3) is 10.2 Å². The van der Waals surface area contributed by atoms with Gasteiger partial charge in [-0.25, -0.2) is 4.98 Å². The number of anilines is 1. The monoisotopic (exact) mass is 399 g/mol. The third-order valence-electron chi connectivity index (χ3n) is 4.86. The van der Waals surface area contributed by atoms with Gasteiger partial charge in [-0.2, -0.15) is 0 Å². The highest BCUT2D eigenvalue weighted by Gasteiger charge is 2.37. The van der Waals surface area contributed by atoms with Crippen LogP contribution in [0.3, 0.4) is 0 Å². The van der Waals surface area contributed by atoms with E-state index in [0.717, 1.165) is 15.8 Å². The molecule has 138 valence electrons. The minimum absolute atomic E-state index is 0.00239. The van der Waals surface area contributed by atoms with Gasteiger partial charge in [0.05, 0.1) is 22.2 Å². The minimum Gasteiger partial charge on any atom is -0.335 e. The molecular weight excluding hydrogens is 382 g/mol. The molecule has 2 heterocycles. The van der Waals surface area contributed by atoms with Crippen LogP contribution in [0, 0.1) is 5.92 Å². The van der Waals surface area contributed by atoms with Crippen LogP contribution in [0.1, 0.15) is 24.9 Å². The highest BCUT2D eigenvalue weighted by atomic mass is 35.5. The molecule has 2 atom stereocenters. The molecular formula is C20H18ClN3O2S. The summed E-state index contributed by atoms with van der Waals surface area (Å²) in [6, 6.07) is 15.2. The molecule has 0 spiro atoms. The van der Waals surface area contributed by atoms with Crippen LogP contribution in [-0.2, 0) is 9.59 Å². The summed E-state index contributed by atoms with van der Waals surface area (Å²) < 4.78 is 0.916. The number of thiazole rings is 1. The lowest BCUT2D eigenvalue weighted by atomic mass is 10.1. The van der Waals surface area contributed by atoms with E-state index in [2.05, 4.69) is 10.3 Å². The van der Waals surface area contributed by atoms with E-state index in [0.29, 0.717) is 16.7 Å². The molecule has 0 unspecified atom stereocenters. The van der Waals surface area contributed by atoms with E-state index >= 15 is 0 Å². The highest BCUT2D eigenvalue weighted by Crippen LogP contribution is 2.31. The van der Waals surface area contributed by atoms with E-state index in [1.807, 2.05) is 49.4 Å². The van der Waals surface area contributed by atoms with Gasteiger partial charge in [0.1, 0.15) is 0 Å². The molecule has 1 aliphatic rings. The predicted octanol–water partition coefficient (Wildman–Crippen LogP) is 4.50. The smallest absolute Gasteiger partial charge is 0.231 e. The van der Waals surface area contributed by atoms with Crippen molar-refractivity contribution in [2.45, 2.75) is 19.4 Å². The summed E-state index contributed by atoms with van der Waals surface area (Å²) in [4.78, 5) is 31.3. The molecule has 27 heavy (non-hydrogen) atoms. The lowest BCUT2D eigenvalue weighted by Crippen LogP contribution is -2.30. The Hall–Kier alpha value is -2.44. The molecule has 2 aromatic carbocycles. The molecule has 0 bridgehead atoms. The SMILES string of the molecule is C[C@@H](c1ccccc1)N1C[C@H](C(=O)Nc2nc3ccc(Cl)cc3s2)CC1=O. The Bertz CT molecular complexity index is 1000. The third-order valence-corrected chi connectivity index (χ3v) is 6.03. The summed E-state index contributed by atoms with van der Waals surface area (Å²) in [5, 5.41) is 4.02. The zero-order valence-corrected chi connectivity index (χ0v) is 16.3. The van der Waals surface area contributed by atoms with Crippen LogP contribution in [-0.4, -0.2) is 28.2 Å². The van der Waals surface area contributed by atoms with Gasteiger partial charge in [-0.05, 0) is 30.7 Å². The van der Waals surface area contributed by atoms with Gasteiger partial charge in [0.25, 0.3) is 0 Å². The fourth-order valence-corrected chi connectivity index (χ4v) is 4.50. The van der Waals surface area contributed by atoms with Crippen LogP contribution in [0.4, 0.5) is 5.13 Å². The van der Waals surface area contributed by atoms with E-state index in [1.54, 1.807) is 11.0 Å². The molecule has 0 radical (unpaired) electrons. The number of hydrogen-bond donors (Lipinski definition) is 1. The number of nitrogens with zero attached hydrogens (tertiary/aromatic N) is 2. The van der Waals surface area contributed by atoms with Gasteiger partial charge >= 0.3 is 0 Å². The molecule has 1 fully saturated rings. The van der Waals surface area contributed by atoms with E-state index in [-0.39, 0.29) is 30.2 Å². The van der Waals surface area contributed by atoms with Crippen LogP contribution in [0.5, 0.6) is 0 Å². The molecule has 5 nitrogen and oxygen atoms in total. The Morgan fingerprint density at radius 3 is 2.85 bits per heavy atom. The highest BCUT2D eigenvalue weighted by molar-refractivity contribution is 7.22. The molecule has 4 rings (SSSR count). The second kappa shape index (κ2) is 7.29. The zero-order valence-electron chi connectivity index (χ0n) is 14.7. The number of halogens is 1. The molecule has 1 saturated heterocycles. The standard InChI is InChI=1S/C20H18ClN3O2S/c1-12(13-5-3-2-4-6-13)24-11-14(9-18(24)25)19(26)23-20-22-16-8-7-15(21)10-17(16)27-20/h2-8,10,12,14H,9,11H2,1H3,(H,22,23,26)/t12-,14+/m0/s1. The molecule has 2 amide bonds. The number of fused-ring (bicyclic) bond motifs is 1. The fraction of sp³-hybridized carbons (Fsp3) is 0.250. The second-order valence-corrected chi connectivity index (χ2v) is 8.12. The first-order valence-corrected chi connectivity index (χ1v) is 9.92. The van der Waals surface area contributed by atoms with Crippen molar-refractivity contribution in [1.29, 1.82) is 0 Å². The van der Waals surface area contributed by atoms with Crippen LogP contribution < -0.4 is 5.32 Å². The fourth-order valence-electron chi connectivity index (χ4n) is 3.35. The van der Waals surface area contributed by atoms with Crippen molar-refractivity contribution < 1.29 is 9.59 Å². The maximum Gasteiger partial charge on any atom is 0.231 e. The van der Waals surface area contributed by atoms with Gasteiger partial charge < -0.3 is 10.2 Å². The van der Waals surface area contributed by atoms with Gasteiger partial charge in [0.2, 0.25) is 11.8 Å². The number of nitrogens with one attached hydrogen (secondary N) is 1. The Balaban J connectivity index is 1.45. The molecule has 7 heteroatoms. The maximum atomic E-state index is 12.7. The Kier molecular flexibility index (Phi) is 4.85. The zero-order chi connectivity index (χ0) is 19.0. The largest absolute Gasteiger partial charge is 0.335 e. The third kappa shape index (κ3) is 3.68. The number of amides is 2. The molecule has 1 aliphatic heterocycles. The molecule has 0 aliphatic carbocycles. The quantitative estimate of drug-likeness (QED) is 0.702. The summed E-state index contributed by atoms with van der Waals surface area (Å²) in [5.74, 6) is -0.543. The molecule has 1 N–H and O–H groups in total. The van der Waals surface area contributed by atoms with Crippen molar-refractivity contribution in [2.75, 3.05) is 11.9 Å². The first-order chi connectivity index (χ1) is 13.0. The molecule has 1 aromatic heterocycles. The first-order valence-electron chi connectivity index (χ1n) is 8.72. The summed E-state index contributed by atoms with van der Waals surface area (Å²) in [7, 11) is 0. The number of carbonyl (C=O) groups is 2. The number of carbonyl (C=O) groups excluding carboxylic acids is 2. The summed E-state index contributed by atoms with van der Waals surface area (Å²) in [5.41, 5.74) is 1.86. The average Bonchev–Trinajstić information content (AvgIpc) is 3.24. The first kappa shape index (κ1) is 17.9. The number of hydrogen-bond acceptors (Lipinski definition) is 4. The number of likely N-dealkylation sites (tertiary alicyclic amines) is 1. The lowest BCUT2D eigenvalue weighted by molar-refractivity contribution is -0.129. The Morgan fingerprint density at radius 2 is 2.07 bits per heavy atom. The van der Waals surface area contributed by atoms with Crippen molar-refractivity contribution in [3.05, 3.63) is 59.1 Å². The molecule has 3 aromatic rings. The van der Waals surface area contributed by atoms with E-state index in [4.69, 9.17) is 11.6 Å². The van der Waals surface area contributed by atoms with Crippen molar-refractivity contribution in [3.63, 3.8) is 0 Å². The van der Waals surface area contributed by atoms with Crippen LogP contribution >= 0.6 is 22.9 Å². The summed E-state index contributed by atoms with van der Waals surface area (Å²) in [6.45, 7) is 2.41. The van der Waals surface area contributed by atoms with E-state index in [1.165, 1.54) is 11.3 Å². The Labute approximate surface area is 166 Å². The Morgan fingerprint density at radius 1 is 1.30 bits per heavy atom. The van der Waals surface area contributed by atoms with E-state index in [9.17, 15) is 9.59 Å². The van der Waals surface area contributed by atoms with Gasteiger partial charge in [0, 0.05) is 18.0 Å². The van der Waals surface area contributed by atoms with Crippen molar-refractivity contribution in [2.24, 2.45) is 5.92 Å². The minimum atomic E-state index is -0.376. The number of benzene rings is 2. The van der Waals surface area contributed by atoms with Gasteiger partial charge in [-0.1, -0.05) is 53.3 Å². The van der Waals surface area contributed by atoms with Crippen molar-refractivity contribution in [3.8, 4) is 0 Å². The van der Waals surface area contributed by atoms with Gasteiger partial charge in [-0.3, -0.25) is 9.59 Å².